The summed E-state index contributed by atoms with van der Waals surface area (Å²) in [7, 11) is 1.82. The van der Waals surface area contributed by atoms with E-state index in [0.29, 0.717) is 0 Å². The van der Waals surface area contributed by atoms with Crippen LogP contribution in [0, 0.1) is 0 Å². The van der Waals surface area contributed by atoms with E-state index < -0.39 is 5.54 Å². The zero-order chi connectivity index (χ0) is 11.1. The summed E-state index contributed by atoms with van der Waals surface area (Å²) in [5.41, 5.74) is 7.47. The molecule has 0 aliphatic heterocycles. The molecule has 1 rings (SSSR count). The predicted octanol–water partition coefficient (Wildman–Crippen LogP) is 1.31. The van der Waals surface area contributed by atoms with Gasteiger partial charge in [-0.25, -0.2) is 0 Å². The van der Waals surface area contributed by atoms with Crippen molar-refractivity contribution in [3.63, 3.8) is 0 Å². The monoisotopic (exact) mass is 196 g/mol. The van der Waals surface area contributed by atoms with Gasteiger partial charge in [-0.05, 0) is 13.8 Å². The van der Waals surface area contributed by atoms with Crippen LogP contribution in [-0.4, -0.2) is 15.0 Å². The van der Waals surface area contributed by atoms with Gasteiger partial charge in [0.2, 0.25) is 0 Å². The van der Waals surface area contributed by atoms with Gasteiger partial charge >= 0.3 is 0 Å². The van der Waals surface area contributed by atoms with Crippen molar-refractivity contribution in [1.82, 2.24) is 15.0 Å². The molecule has 1 aromatic rings. The van der Waals surface area contributed by atoms with Gasteiger partial charge in [0, 0.05) is 12.5 Å². The lowest BCUT2D eigenvalue weighted by atomic mass is 9.86. The van der Waals surface area contributed by atoms with Gasteiger partial charge in [-0.2, -0.15) is 15.0 Å². The molecular formula is C10H20N4. The molecule has 2 N–H and O–H groups in total. The van der Waals surface area contributed by atoms with Crippen molar-refractivity contribution in [2.75, 3.05) is 0 Å². The van der Waals surface area contributed by atoms with Crippen LogP contribution in [0.15, 0.2) is 0 Å². The van der Waals surface area contributed by atoms with Crippen molar-refractivity contribution in [2.45, 2.75) is 45.6 Å². The SMILES string of the molecule is Cn1nc(C(C)(C)C)c(C(C)(C)N)n1. The number of aromatic nitrogens is 3. The summed E-state index contributed by atoms with van der Waals surface area (Å²) in [6.07, 6.45) is 0. The minimum Gasteiger partial charge on any atom is -0.320 e. The van der Waals surface area contributed by atoms with Gasteiger partial charge in [0.1, 0.15) is 5.69 Å². The normalized spacial score (nSPS) is 13.4. The molecule has 0 saturated carbocycles. The summed E-state index contributed by atoms with van der Waals surface area (Å²) in [5, 5.41) is 8.70. The number of nitrogens with zero attached hydrogens (tertiary/aromatic N) is 3. The Morgan fingerprint density at radius 2 is 1.43 bits per heavy atom. The van der Waals surface area contributed by atoms with E-state index in [1.165, 1.54) is 0 Å². The smallest absolute Gasteiger partial charge is 0.106 e. The van der Waals surface area contributed by atoms with Gasteiger partial charge in [0.05, 0.1) is 11.2 Å². The van der Waals surface area contributed by atoms with Crippen LogP contribution in [0.1, 0.15) is 46.0 Å². The highest BCUT2D eigenvalue weighted by molar-refractivity contribution is 5.23. The predicted molar refractivity (Wildman–Crippen MR) is 56.9 cm³/mol. The van der Waals surface area contributed by atoms with Crippen LogP contribution >= 0.6 is 0 Å². The van der Waals surface area contributed by atoms with E-state index in [0.717, 1.165) is 11.4 Å². The van der Waals surface area contributed by atoms with Gasteiger partial charge in [-0.15, -0.1) is 0 Å². The van der Waals surface area contributed by atoms with Crippen molar-refractivity contribution in [3.8, 4) is 0 Å². The quantitative estimate of drug-likeness (QED) is 0.736. The Morgan fingerprint density at radius 1 is 1.00 bits per heavy atom. The zero-order valence-corrected chi connectivity index (χ0v) is 9.92. The second-order valence-electron chi connectivity index (χ2n) is 5.36. The molecule has 0 spiro atoms. The van der Waals surface area contributed by atoms with Gasteiger partial charge < -0.3 is 5.73 Å². The van der Waals surface area contributed by atoms with Crippen LogP contribution in [0.25, 0.3) is 0 Å². The third-order valence-electron chi connectivity index (χ3n) is 2.03. The van der Waals surface area contributed by atoms with Gasteiger partial charge in [0.15, 0.2) is 0 Å². The molecule has 0 aliphatic carbocycles. The van der Waals surface area contributed by atoms with E-state index in [1.807, 2.05) is 20.9 Å². The van der Waals surface area contributed by atoms with Crippen LogP contribution in [0.5, 0.6) is 0 Å². The first kappa shape index (κ1) is 11.2. The topological polar surface area (TPSA) is 56.7 Å². The van der Waals surface area contributed by atoms with Crippen molar-refractivity contribution in [3.05, 3.63) is 11.4 Å². The molecule has 0 amide bonds. The summed E-state index contributed by atoms with van der Waals surface area (Å²) >= 11 is 0. The summed E-state index contributed by atoms with van der Waals surface area (Å²) in [5.74, 6) is 0. The standard InChI is InChI=1S/C10H20N4/c1-9(2,3)7-8(10(4,5)11)13-14(6)12-7/h11H2,1-6H3. The lowest BCUT2D eigenvalue weighted by molar-refractivity contribution is 0.493. The summed E-state index contributed by atoms with van der Waals surface area (Å²) in [6.45, 7) is 10.3. The largest absolute Gasteiger partial charge is 0.320 e. The molecular weight excluding hydrogens is 176 g/mol. The molecule has 1 aromatic heterocycles. The summed E-state index contributed by atoms with van der Waals surface area (Å²) in [4.78, 5) is 1.59. The van der Waals surface area contributed by atoms with E-state index in [1.54, 1.807) is 4.80 Å². The number of hydrogen-bond acceptors (Lipinski definition) is 3. The highest BCUT2D eigenvalue weighted by Crippen LogP contribution is 2.27. The molecule has 0 saturated heterocycles. The average Bonchev–Trinajstić information content (AvgIpc) is 2.27. The summed E-state index contributed by atoms with van der Waals surface area (Å²) < 4.78 is 0. The number of hydrogen-bond donors (Lipinski definition) is 1. The van der Waals surface area contributed by atoms with E-state index in [-0.39, 0.29) is 5.41 Å². The van der Waals surface area contributed by atoms with Gasteiger partial charge in [0.25, 0.3) is 0 Å². The van der Waals surface area contributed by atoms with E-state index in [4.69, 9.17) is 5.73 Å². The average molecular weight is 196 g/mol. The highest BCUT2D eigenvalue weighted by atomic mass is 15.5. The van der Waals surface area contributed by atoms with Crippen LogP contribution in [0.3, 0.4) is 0 Å². The zero-order valence-electron chi connectivity index (χ0n) is 9.92. The maximum absolute atomic E-state index is 6.05. The molecule has 0 bridgehead atoms. The van der Waals surface area contributed by atoms with Gasteiger partial charge in [-0.3, -0.25) is 0 Å². The number of nitrogens with two attached hydrogens (primary N) is 1. The second-order valence-corrected chi connectivity index (χ2v) is 5.36. The van der Waals surface area contributed by atoms with E-state index in [9.17, 15) is 0 Å². The first-order valence-corrected chi connectivity index (χ1v) is 4.83. The fourth-order valence-electron chi connectivity index (χ4n) is 1.35. The van der Waals surface area contributed by atoms with Crippen LogP contribution in [-0.2, 0) is 18.0 Å². The lowest BCUT2D eigenvalue weighted by Crippen LogP contribution is -2.32. The molecule has 80 valence electrons. The highest BCUT2D eigenvalue weighted by Gasteiger charge is 2.30. The van der Waals surface area contributed by atoms with Gasteiger partial charge in [-0.1, -0.05) is 20.8 Å². The van der Waals surface area contributed by atoms with Crippen molar-refractivity contribution in [1.29, 1.82) is 0 Å². The van der Waals surface area contributed by atoms with Crippen LogP contribution < -0.4 is 5.73 Å². The maximum atomic E-state index is 6.05. The fourth-order valence-corrected chi connectivity index (χ4v) is 1.35. The summed E-state index contributed by atoms with van der Waals surface area (Å²) in [6, 6.07) is 0. The fraction of sp³-hybridized carbons (Fsp3) is 0.800. The molecule has 0 unspecified atom stereocenters. The molecule has 4 heteroatoms. The lowest BCUT2D eigenvalue weighted by Gasteiger charge is -2.22. The molecule has 1 heterocycles. The van der Waals surface area contributed by atoms with Crippen LogP contribution in [0.4, 0.5) is 0 Å². The minimum absolute atomic E-state index is 0.0137. The Hall–Kier alpha value is -0.900. The maximum Gasteiger partial charge on any atom is 0.106 e. The Kier molecular flexibility index (Phi) is 2.44. The molecule has 14 heavy (non-hydrogen) atoms. The van der Waals surface area contributed by atoms with Crippen molar-refractivity contribution in [2.24, 2.45) is 12.8 Å². The number of aryl methyl sites for hydroxylation is 1. The molecule has 0 radical (unpaired) electrons. The van der Waals surface area contributed by atoms with E-state index >= 15 is 0 Å². The van der Waals surface area contributed by atoms with Crippen molar-refractivity contribution >= 4 is 0 Å². The molecule has 4 nitrogen and oxygen atoms in total. The number of rotatable bonds is 1. The third kappa shape index (κ3) is 2.12. The van der Waals surface area contributed by atoms with Crippen molar-refractivity contribution < 1.29 is 0 Å². The Bertz CT molecular complexity index is 293. The first-order chi connectivity index (χ1) is 6.12. The first-order valence-electron chi connectivity index (χ1n) is 4.83. The molecule has 0 aliphatic rings. The Labute approximate surface area is 85.5 Å². The molecule has 0 atom stereocenters. The third-order valence-corrected chi connectivity index (χ3v) is 2.03. The Balaban J connectivity index is 3.31. The minimum atomic E-state index is -0.434. The molecule has 0 fully saturated rings. The Morgan fingerprint density at radius 3 is 1.71 bits per heavy atom. The van der Waals surface area contributed by atoms with Crippen LogP contribution in [0.2, 0.25) is 0 Å². The van der Waals surface area contributed by atoms with E-state index in [2.05, 4.69) is 31.0 Å². The second kappa shape index (κ2) is 3.05. The molecule has 0 aromatic carbocycles.